The molecular weight excluding hydrogens is 703 g/mol. The Bertz CT molecular complexity index is 2130. The zero-order valence-electron chi connectivity index (χ0n) is 23.5. The minimum Gasteiger partial charge on any atom is -0.325 e. The summed E-state index contributed by atoms with van der Waals surface area (Å²) in [4.78, 5) is 55.4. The molecular formula is C33H21BrF3N3O4S2. The van der Waals surface area contributed by atoms with Gasteiger partial charge in [0.25, 0.3) is 0 Å². The first-order valence-electron chi connectivity index (χ1n) is 14.0. The molecule has 0 unspecified atom stereocenters. The van der Waals surface area contributed by atoms with Gasteiger partial charge in [-0.15, -0.1) is 0 Å². The number of amides is 3. The molecule has 13 heteroatoms. The van der Waals surface area contributed by atoms with Gasteiger partial charge in [0.05, 0.1) is 22.2 Å². The Balaban J connectivity index is 1.26. The summed E-state index contributed by atoms with van der Waals surface area (Å²) in [6.07, 6.45) is -4.67. The van der Waals surface area contributed by atoms with Crippen LogP contribution in [0, 0.1) is 5.92 Å². The van der Waals surface area contributed by atoms with E-state index in [-0.39, 0.29) is 12.2 Å². The van der Waals surface area contributed by atoms with Crippen LogP contribution in [0.2, 0.25) is 0 Å². The lowest BCUT2D eigenvalue weighted by molar-refractivity contribution is -0.137. The smallest absolute Gasteiger partial charge is 0.325 e. The third-order valence-electron chi connectivity index (χ3n) is 8.02. The van der Waals surface area contributed by atoms with Gasteiger partial charge in [0.1, 0.15) is 11.8 Å². The van der Waals surface area contributed by atoms with Gasteiger partial charge in [0, 0.05) is 21.0 Å². The van der Waals surface area contributed by atoms with E-state index in [1.807, 2.05) is 36.4 Å². The van der Waals surface area contributed by atoms with Crippen LogP contribution in [0.4, 0.5) is 24.5 Å². The Morgan fingerprint density at radius 3 is 2.39 bits per heavy atom. The summed E-state index contributed by atoms with van der Waals surface area (Å²) in [5.41, 5.74) is 0.0335. The fourth-order valence-corrected chi connectivity index (χ4v) is 9.19. The number of alkyl halides is 3. The van der Waals surface area contributed by atoms with E-state index in [9.17, 15) is 32.3 Å². The fraction of sp³-hybridized carbons (Fsp3) is 0.152. The molecule has 1 N–H and O–H groups in total. The summed E-state index contributed by atoms with van der Waals surface area (Å²) in [5, 5.41) is 4.10. The average molecular weight is 725 g/mol. The largest absolute Gasteiger partial charge is 0.416 e. The number of nitrogens with zero attached hydrogens (tertiary/aromatic N) is 2. The molecule has 0 bridgehead atoms. The lowest BCUT2D eigenvalue weighted by Gasteiger charge is -2.30. The normalized spacial score (nSPS) is 19.3. The average Bonchev–Trinajstić information content (AvgIpc) is 3.46. The van der Waals surface area contributed by atoms with Crippen molar-refractivity contribution in [3.63, 3.8) is 0 Å². The third-order valence-corrected chi connectivity index (χ3v) is 11.1. The highest BCUT2D eigenvalue weighted by molar-refractivity contribution is 9.10. The first-order valence-corrected chi connectivity index (χ1v) is 16.5. The number of hydrogen-bond donors (Lipinski definition) is 1. The van der Waals surface area contributed by atoms with Gasteiger partial charge in [-0.25, -0.2) is 4.90 Å². The molecule has 0 spiro atoms. The van der Waals surface area contributed by atoms with Crippen LogP contribution in [0.1, 0.15) is 21.9 Å². The van der Waals surface area contributed by atoms with E-state index in [1.165, 1.54) is 10.6 Å². The second-order valence-electron chi connectivity index (χ2n) is 10.9. The molecule has 3 amide bonds. The fourth-order valence-electron chi connectivity index (χ4n) is 6.00. The van der Waals surface area contributed by atoms with Crippen LogP contribution in [0.5, 0.6) is 0 Å². The lowest BCUT2D eigenvalue weighted by Crippen LogP contribution is -2.33. The van der Waals surface area contributed by atoms with Crippen LogP contribution >= 0.6 is 39.0 Å². The van der Waals surface area contributed by atoms with Gasteiger partial charge in [-0.3, -0.25) is 23.7 Å². The highest BCUT2D eigenvalue weighted by Crippen LogP contribution is 2.54. The van der Waals surface area contributed by atoms with Gasteiger partial charge in [-0.2, -0.15) is 13.2 Å². The number of benzene rings is 4. The second-order valence-corrected chi connectivity index (χ2v) is 13.9. The molecule has 232 valence electrons. The van der Waals surface area contributed by atoms with Crippen molar-refractivity contribution in [3.05, 3.63) is 121 Å². The molecule has 0 radical (unpaired) electrons. The van der Waals surface area contributed by atoms with E-state index < -0.39 is 51.4 Å². The quantitative estimate of drug-likeness (QED) is 0.193. The maximum Gasteiger partial charge on any atom is 0.416 e. The number of imide groups is 1. The van der Waals surface area contributed by atoms with Crippen molar-refractivity contribution in [2.75, 3.05) is 10.2 Å². The number of nitrogens with one attached hydrogen (secondary N) is 1. The molecule has 46 heavy (non-hydrogen) atoms. The zero-order valence-corrected chi connectivity index (χ0v) is 26.7. The Morgan fingerprint density at radius 2 is 1.63 bits per heavy atom. The van der Waals surface area contributed by atoms with E-state index in [2.05, 4.69) is 21.2 Å². The van der Waals surface area contributed by atoms with Gasteiger partial charge in [0.2, 0.25) is 17.7 Å². The number of halogens is 4. The number of fused-ring (bicyclic) bond motifs is 3. The van der Waals surface area contributed by atoms with Crippen LogP contribution in [-0.2, 0) is 27.1 Å². The lowest BCUT2D eigenvalue weighted by atomic mass is 9.83. The van der Waals surface area contributed by atoms with Crippen molar-refractivity contribution < 1.29 is 27.6 Å². The highest BCUT2D eigenvalue weighted by Gasteiger charge is 2.57. The molecule has 0 aliphatic carbocycles. The Morgan fingerprint density at radius 1 is 0.870 bits per heavy atom. The summed E-state index contributed by atoms with van der Waals surface area (Å²) >= 11 is 5.34. The second kappa shape index (κ2) is 11.6. The van der Waals surface area contributed by atoms with Crippen LogP contribution < -0.4 is 15.1 Å². The van der Waals surface area contributed by atoms with E-state index in [0.29, 0.717) is 25.6 Å². The predicted molar refractivity (Wildman–Crippen MR) is 174 cm³/mol. The molecule has 4 aromatic carbocycles. The number of hydrogen-bond acceptors (Lipinski definition) is 6. The molecule has 5 aromatic rings. The highest BCUT2D eigenvalue weighted by atomic mass is 79.9. The molecule has 3 heterocycles. The SMILES string of the molecule is O=C(Cn1c2c(sc1=O)[C@@H](c1cccc(Br)c1)[C@@H]1C(=O)N(c3cccc(C(F)(F)F)c3)C(=O)[C@@H]1S2)Nc1ccc2ccccc2c1. The minimum atomic E-state index is -4.67. The van der Waals surface area contributed by atoms with Crippen LogP contribution in [0.25, 0.3) is 10.8 Å². The Labute approximate surface area is 276 Å². The number of thioether (sulfide) groups is 1. The van der Waals surface area contributed by atoms with Gasteiger partial charge in [0.15, 0.2) is 0 Å². The molecule has 1 saturated heterocycles. The maximum atomic E-state index is 14.0. The Kier molecular flexibility index (Phi) is 7.65. The van der Waals surface area contributed by atoms with Crippen molar-refractivity contribution >= 4 is 78.9 Å². The zero-order chi connectivity index (χ0) is 32.3. The van der Waals surface area contributed by atoms with E-state index in [0.717, 1.165) is 57.0 Å². The Hall–Kier alpha value is -4.20. The molecule has 7 nitrogen and oxygen atoms in total. The van der Waals surface area contributed by atoms with Crippen molar-refractivity contribution in [2.24, 2.45) is 5.92 Å². The molecule has 1 fully saturated rings. The number of carbonyl (C=O) groups is 3. The van der Waals surface area contributed by atoms with Crippen LogP contribution in [-0.4, -0.2) is 27.5 Å². The van der Waals surface area contributed by atoms with Gasteiger partial charge in [-0.1, -0.05) is 87.6 Å². The summed E-state index contributed by atoms with van der Waals surface area (Å²) in [6.45, 7) is -0.341. The van der Waals surface area contributed by atoms with E-state index in [1.54, 1.807) is 30.3 Å². The standard InChI is InChI=1S/C33H21BrF3N3O4S2/c34-21-9-3-7-19(13-21)25-26-27(30(43)40(29(26)42)23-10-4-8-20(15-23)33(35,36)37)45-31-28(25)46-32(44)39(31)16-24(41)38-22-12-11-17-5-1-2-6-18(17)14-22/h1-15,25-27H,16H2,(H,38,41)/t25-,26-,27+/m0/s1. The molecule has 2 aliphatic heterocycles. The first-order chi connectivity index (χ1) is 22.0. The predicted octanol–water partition coefficient (Wildman–Crippen LogP) is 7.28. The van der Waals surface area contributed by atoms with E-state index >= 15 is 0 Å². The monoisotopic (exact) mass is 723 g/mol. The van der Waals surface area contributed by atoms with Crippen LogP contribution in [0.3, 0.4) is 0 Å². The number of anilines is 2. The molecule has 7 rings (SSSR count). The molecule has 1 aromatic heterocycles. The summed E-state index contributed by atoms with van der Waals surface area (Å²) in [7, 11) is 0. The molecule has 3 atom stereocenters. The van der Waals surface area contributed by atoms with Crippen molar-refractivity contribution in [2.45, 2.75) is 28.9 Å². The first kappa shape index (κ1) is 30.5. The van der Waals surface area contributed by atoms with E-state index in [4.69, 9.17) is 0 Å². The van der Waals surface area contributed by atoms with Gasteiger partial charge < -0.3 is 5.32 Å². The summed E-state index contributed by atoms with van der Waals surface area (Å²) in [5.74, 6) is -3.55. The van der Waals surface area contributed by atoms with Crippen molar-refractivity contribution in [3.8, 4) is 0 Å². The van der Waals surface area contributed by atoms with Gasteiger partial charge in [-0.05, 0) is 58.8 Å². The minimum absolute atomic E-state index is 0.177. The number of carbonyl (C=O) groups excluding carboxylic acids is 3. The van der Waals surface area contributed by atoms with Gasteiger partial charge >= 0.3 is 11.0 Å². The van der Waals surface area contributed by atoms with Crippen molar-refractivity contribution in [1.29, 1.82) is 0 Å². The van der Waals surface area contributed by atoms with Crippen LogP contribution in [0.15, 0.2) is 105 Å². The molecule has 0 saturated carbocycles. The topological polar surface area (TPSA) is 88.5 Å². The molecule has 2 aliphatic rings. The summed E-state index contributed by atoms with van der Waals surface area (Å²) < 4.78 is 42.6. The maximum absolute atomic E-state index is 14.0. The summed E-state index contributed by atoms with van der Waals surface area (Å²) in [6, 6.07) is 24.4. The number of aromatic nitrogens is 1. The number of thiazole rings is 1. The van der Waals surface area contributed by atoms with Crippen molar-refractivity contribution in [1.82, 2.24) is 4.57 Å². The third kappa shape index (κ3) is 5.35. The number of rotatable bonds is 5.